The summed E-state index contributed by atoms with van der Waals surface area (Å²) in [6, 6.07) is 6.48. The van der Waals surface area contributed by atoms with E-state index in [1.54, 1.807) is 49.9 Å². The molecule has 0 radical (unpaired) electrons. The number of hydrogen-bond donors (Lipinski definition) is 2. The average Bonchev–Trinajstić information content (AvgIpc) is 2.68. The number of carbonyl (C=O) groups excluding carboxylic acids is 2. The number of amides is 2. The van der Waals surface area contributed by atoms with Crippen LogP contribution in [0.1, 0.15) is 40.0 Å². The number of para-hydroxylation sites is 1. The Bertz CT molecular complexity index is 1050. The van der Waals surface area contributed by atoms with Crippen molar-refractivity contribution in [2.45, 2.75) is 58.2 Å². The van der Waals surface area contributed by atoms with Crippen LogP contribution in [0.3, 0.4) is 0 Å². The summed E-state index contributed by atoms with van der Waals surface area (Å²) in [5, 5.41) is 3.07. The number of rotatable bonds is 4. The Morgan fingerprint density at radius 1 is 1.20 bits per heavy atom. The van der Waals surface area contributed by atoms with Crippen LogP contribution in [0.15, 0.2) is 33.9 Å². The third kappa shape index (κ3) is 5.08. The third-order valence-electron chi connectivity index (χ3n) is 5.01. The van der Waals surface area contributed by atoms with Gasteiger partial charge in [0, 0.05) is 19.1 Å². The Morgan fingerprint density at radius 3 is 2.67 bits per heavy atom. The maximum atomic E-state index is 13.0. The molecule has 1 fully saturated rings. The molecule has 9 nitrogen and oxygen atoms in total. The van der Waals surface area contributed by atoms with Gasteiger partial charge in [-0.1, -0.05) is 12.1 Å². The van der Waals surface area contributed by atoms with Crippen molar-refractivity contribution in [1.82, 2.24) is 19.8 Å². The lowest BCUT2D eigenvalue weighted by atomic mass is 10.0. The molecular formula is C21H28N4O5. The zero-order valence-corrected chi connectivity index (χ0v) is 17.6. The molecule has 1 saturated heterocycles. The number of nitrogens with zero attached hydrogens (tertiary/aromatic N) is 2. The second-order valence-electron chi connectivity index (χ2n) is 8.49. The van der Waals surface area contributed by atoms with Crippen LogP contribution in [0.5, 0.6) is 0 Å². The summed E-state index contributed by atoms with van der Waals surface area (Å²) in [6.07, 6.45) is 1.95. The number of hydrogen-bond acceptors (Lipinski definition) is 5. The zero-order chi connectivity index (χ0) is 21.9. The van der Waals surface area contributed by atoms with Crippen LogP contribution < -0.4 is 16.6 Å². The number of alkyl carbamates (subject to hydrolysis) is 1. The van der Waals surface area contributed by atoms with Gasteiger partial charge < -0.3 is 19.9 Å². The topological polar surface area (TPSA) is 114 Å². The summed E-state index contributed by atoms with van der Waals surface area (Å²) >= 11 is 0. The first-order valence-electron chi connectivity index (χ1n) is 10.1. The fraction of sp³-hybridized carbons (Fsp3) is 0.524. The summed E-state index contributed by atoms with van der Waals surface area (Å²) in [7, 11) is 0. The molecule has 0 bridgehead atoms. The number of carbonyl (C=O) groups is 2. The van der Waals surface area contributed by atoms with Gasteiger partial charge >= 0.3 is 11.8 Å². The Kier molecular flexibility index (Phi) is 6.28. The monoisotopic (exact) mass is 416 g/mol. The first-order chi connectivity index (χ1) is 14.2. The minimum absolute atomic E-state index is 0.214. The highest BCUT2D eigenvalue weighted by atomic mass is 16.6. The minimum Gasteiger partial charge on any atom is -0.444 e. The van der Waals surface area contributed by atoms with Gasteiger partial charge in [-0.05, 0) is 52.2 Å². The quantitative estimate of drug-likeness (QED) is 0.786. The van der Waals surface area contributed by atoms with E-state index in [1.807, 2.05) is 0 Å². The summed E-state index contributed by atoms with van der Waals surface area (Å²) < 4.78 is 6.18. The van der Waals surface area contributed by atoms with Crippen molar-refractivity contribution in [3.8, 4) is 0 Å². The molecule has 1 aromatic carbocycles. The molecule has 2 N–H and O–H groups in total. The van der Waals surface area contributed by atoms with E-state index in [9.17, 15) is 19.2 Å². The highest BCUT2D eigenvalue weighted by Gasteiger charge is 2.28. The van der Waals surface area contributed by atoms with E-state index in [1.165, 1.54) is 0 Å². The van der Waals surface area contributed by atoms with Gasteiger partial charge in [-0.15, -0.1) is 0 Å². The van der Waals surface area contributed by atoms with Crippen molar-refractivity contribution >= 4 is 22.9 Å². The standard InChI is InChI=1S/C21H28N4O5/c1-21(2,3)30-20(29)22-12-14-8-6-7-11-24(14)17(26)13-25-18(27)15-9-4-5-10-16(15)23-19(25)28/h4-5,9-10,14H,6-8,11-13H2,1-3H3,(H,22,29)(H,23,28). The van der Waals surface area contributed by atoms with Crippen LogP contribution in [0.25, 0.3) is 10.9 Å². The van der Waals surface area contributed by atoms with Gasteiger partial charge in [-0.2, -0.15) is 0 Å². The number of likely N-dealkylation sites (tertiary alicyclic amines) is 1. The highest BCUT2D eigenvalue weighted by molar-refractivity contribution is 5.79. The molecule has 30 heavy (non-hydrogen) atoms. The molecule has 3 rings (SSSR count). The van der Waals surface area contributed by atoms with Crippen molar-refractivity contribution < 1.29 is 14.3 Å². The van der Waals surface area contributed by atoms with Crippen LogP contribution >= 0.6 is 0 Å². The molecule has 1 aliphatic rings. The Morgan fingerprint density at radius 2 is 1.93 bits per heavy atom. The molecule has 1 atom stereocenters. The molecule has 0 spiro atoms. The molecule has 2 amide bonds. The van der Waals surface area contributed by atoms with Gasteiger partial charge in [0.2, 0.25) is 5.91 Å². The lowest BCUT2D eigenvalue weighted by molar-refractivity contribution is -0.135. The van der Waals surface area contributed by atoms with Crippen molar-refractivity contribution in [2.75, 3.05) is 13.1 Å². The molecular weight excluding hydrogens is 388 g/mol. The fourth-order valence-electron chi connectivity index (χ4n) is 3.63. The van der Waals surface area contributed by atoms with Crippen LogP contribution in [0.4, 0.5) is 4.79 Å². The van der Waals surface area contributed by atoms with E-state index >= 15 is 0 Å². The zero-order valence-electron chi connectivity index (χ0n) is 17.6. The SMILES string of the molecule is CC(C)(C)OC(=O)NCC1CCCCN1C(=O)Cn1c(=O)[nH]c2ccccc2c1=O. The molecule has 1 aromatic heterocycles. The number of benzene rings is 1. The van der Waals surface area contributed by atoms with Gasteiger partial charge in [0.05, 0.1) is 10.9 Å². The number of piperidine rings is 1. The number of nitrogens with one attached hydrogen (secondary N) is 2. The molecule has 2 heterocycles. The molecule has 9 heteroatoms. The average molecular weight is 416 g/mol. The molecule has 2 aromatic rings. The van der Waals surface area contributed by atoms with Gasteiger partial charge in [-0.25, -0.2) is 9.59 Å². The van der Waals surface area contributed by atoms with E-state index in [2.05, 4.69) is 10.3 Å². The number of aromatic nitrogens is 2. The van der Waals surface area contributed by atoms with Crippen LogP contribution in [0.2, 0.25) is 0 Å². The maximum absolute atomic E-state index is 13.0. The lowest BCUT2D eigenvalue weighted by Gasteiger charge is -2.36. The van der Waals surface area contributed by atoms with E-state index in [0.29, 0.717) is 17.4 Å². The first kappa shape index (κ1) is 21.6. The van der Waals surface area contributed by atoms with Gasteiger partial charge in [0.1, 0.15) is 12.1 Å². The summed E-state index contributed by atoms with van der Waals surface area (Å²) in [6.45, 7) is 5.76. The third-order valence-corrected chi connectivity index (χ3v) is 5.01. The molecule has 1 unspecified atom stereocenters. The molecule has 0 saturated carbocycles. The van der Waals surface area contributed by atoms with Crippen molar-refractivity contribution in [2.24, 2.45) is 0 Å². The molecule has 0 aliphatic carbocycles. The number of ether oxygens (including phenoxy) is 1. The van der Waals surface area contributed by atoms with E-state index < -0.39 is 22.9 Å². The number of H-pyrrole nitrogens is 1. The highest BCUT2D eigenvalue weighted by Crippen LogP contribution is 2.17. The predicted molar refractivity (Wildman–Crippen MR) is 112 cm³/mol. The largest absolute Gasteiger partial charge is 0.444 e. The summed E-state index contributed by atoms with van der Waals surface area (Å²) in [5.74, 6) is -0.325. The van der Waals surface area contributed by atoms with Crippen LogP contribution in [-0.2, 0) is 16.1 Å². The smallest absolute Gasteiger partial charge is 0.407 e. The molecule has 1 aliphatic heterocycles. The fourth-order valence-corrected chi connectivity index (χ4v) is 3.63. The van der Waals surface area contributed by atoms with Crippen molar-refractivity contribution in [1.29, 1.82) is 0 Å². The molecule has 162 valence electrons. The number of fused-ring (bicyclic) bond motifs is 1. The Balaban J connectivity index is 1.73. The summed E-state index contributed by atoms with van der Waals surface area (Å²) in [4.78, 5) is 54.3. The van der Waals surface area contributed by atoms with Crippen LogP contribution in [0, 0.1) is 0 Å². The Hall–Kier alpha value is -3.10. The predicted octanol–water partition coefficient (Wildman–Crippen LogP) is 1.60. The van der Waals surface area contributed by atoms with Crippen LogP contribution in [-0.4, -0.2) is 51.2 Å². The summed E-state index contributed by atoms with van der Waals surface area (Å²) in [5.41, 5.74) is -1.28. The number of aromatic amines is 1. The van der Waals surface area contributed by atoms with Crippen molar-refractivity contribution in [3.05, 3.63) is 45.1 Å². The van der Waals surface area contributed by atoms with Crippen molar-refractivity contribution in [3.63, 3.8) is 0 Å². The lowest BCUT2D eigenvalue weighted by Crippen LogP contribution is -2.52. The van der Waals surface area contributed by atoms with E-state index in [0.717, 1.165) is 23.8 Å². The first-order valence-corrected chi connectivity index (χ1v) is 10.1. The Labute approximate surface area is 174 Å². The van der Waals surface area contributed by atoms with Gasteiger partial charge in [0.25, 0.3) is 5.56 Å². The minimum atomic E-state index is -0.618. The normalized spacial score (nSPS) is 17.0. The second-order valence-corrected chi connectivity index (χ2v) is 8.49. The van der Waals surface area contributed by atoms with Gasteiger partial charge in [0.15, 0.2) is 0 Å². The van der Waals surface area contributed by atoms with E-state index in [-0.39, 0.29) is 25.0 Å². The maximum Gasteiger partial charge on any atom is 0.407 e. The second kappa shape index (κ2) is 8.73. The van der Waals surface area contributed by atoms with E-state index in [4.69, 9.17) is 4.74 Å². The van der Waals surface area contributed by atoms with Gasteiger partial charge in [-0.3, -0.25) is 14.2 Å².